The summed E-state index contributed by atoms with van der Waals surface area (Å²) in [6.45, 7) is 3.15. The van der Waals surface area contributed by atoms with Crippen LogP contribution in [0.3, 0.4) is 0 Å². The summed E-state index contributed by atoms with van der Waals surface area (Å²) in [7, 11) is 0. The first-order chi connectivity index (χ1) is 16.5. The molecule has 2 N–H and O–H groups in total. The number of likely N-dealkylation sites (tertiary alicyclic amines) is 1. The molecule has 3 aliphatic rings. The molecule has 0 radical (unpaired) electrons. The maximum Gasteiger partial charge on any atom is 0.227 e. The molecular formula is C25H30ClFN6O. The van der Waals surface area contributed by atoms with E-state index in [0.717, 1.165) is 53.7 Å². The Hall–Kier alpha value is -2.29. The van der Waals surface area contributed by atoms with E-state index in [1.54, 1.807) is 6.20 Å². The summed E-state index contributed by atoms with van der Waals surface area (Å²) < 4.78 is 17.4. The Morgan fingerprint density at radius 2 is 2.00 bits per heavy atom. The molecule has 2 saturated carbocycles. The number of hydrogen-bond donors (Lipinski definition) is 2. The van der Waals surface area contributed by atoms with Crippen LogP contribution in [0.2, 0.25) is 5.02 Å². The van der Waals surface area contributed by atoms with Gasteiger partial charge in [-0.1, -0.05) is 11.6 Å². The predicted molar refractivity (Wildman–Crippen MR) is 131 cm³/mol. The van der Waals surface area contributed by atoms with Crippen LogP contribution >= 0.6 is 11.6 Å². The van der Waals surface area contributed by atoms with Crippen molar-refractivity contribution in [3.63, 3.8) is 0 Å². The average Bonchev–Trinajstić information content (AvgIpc) is 3.47. The third kappa shape index (κ3) is 4.06. The highest BCUT2D eigenvalue weighted by atomic mass is 35.5. The predicted octanol–water partition coefficient (Wildman–Crippen LogP) is 4.91. The molecule has 1 aromatic carbocycles. The summed E-state index contributed by atoms with van der Waals surface area (Å²) in [5, 5.41) is 19.4. The van der Waals surface area contributed by atoms with Crippen molar-refractivity contribution in [1.82, 2.24) is 24.6 Å². The van der Waals surface area contributed by atoms with E-state index in [1.807, 2.05) is 25.3 Å². The second kappa shape index (κ2) is 8.73. The number of halogens is 2. The lowest BCUT2D eigenvalue weighted by molar-refractivity contribution is 0.0271. The molecule has 1 saturated heterocycles. The van der Waals surface area contributed by atoms with E-state index in [4.69, 9.17) is 16.6 Å². The highest BCUT2D eigenvalue weighted by molar-refractivity contribution is 6.32. The van der Waals surface area contributed by atoms with E-state index in [0.29, 0.717) is 30.0 Å². The van der Waals surface area contributed by atoms with E-state index >= 15 is 4.39 Å². The molecular weight excluding hydrogens is 455 g/mol. The second-order valence-corrected chi connectivity index (χ2v) is 10.4. The van der Waals surface area contributed by atoms with Crippen LogP contribution in [-0.2, 0) is 0 Å². The first kappa shape index (κ1) is 22.2. The molecule has 0 bridgehead atoms. The summed E-state index contributed by atoms with van der Waals surface area (Å²) >= 11 is 6.61. The Kier molecular flexibility index (Phi) is 5.70. The minimum Gasteiger partial charge on any atom is -0.391 e. The molecule has 0 amide bonds. The Bertz CT molecular complexity index is 1210. The Labute approximate surface area is 203 Å². The molecule has 0 spiro atoms. The highest BCUT2D eigenvalue weighted by Gasteiger charge is 2.38. The lowest BCUT2D eigenvalue weighted by atomic mass is 9.86. The van der Waals surface area contributed by atoms with Gasteiger partial charge in [0.2, 0.25) is 5.95 Å². The van der Waals surface area contributed by atoms with Gasteiger partial charge in [-0.2, -0.15) is 5.10 Å². The van der Waals surface area contributed by atoms with Crippen molar-refractivity contribution in [2.45, 2.75) is 75.7 Å². The first-order valence-electron chi connectivity index (χ1n) is 12.3. The molecule has 1 aliphatic heterocycles. The molecule has 4 atom stereocenters. The van der Waals surface area contributed by atoms with E-state index < -0.39 is 6.17 Å². The number of aliphatic hydroxyl groups is 1. The molecule has 7 nitrogen and oxygen atoms in total. The summed E-state index contributed by atoms with van der Waals surface area (Å²) in [5.74, 6) is 0.207. The number of nitrogens with one attached hydrogen (secondary N) is 1. The molecule has 34 heavy (non-hydrogen) atoms. The molecule has 3 heterocycles. The second-order valence-electron chi connectivity index (χ2n) is 10.0. The summed E-state index contributed by atoms with van der Waals surface area (Å²) in [5.41, 5.74) is 3.51. The molecule has 0 unspecified atom stereocenters. The topological polar surface area (TPSA) is 79.1 Å². The number of fused-ring (bicyclic) bond motifs is 1. The molecule has 3 aromatic rings. The van der Waals surface area contributed by atoms with Crippen molar-refractivity contribution in [3.05, 3.63) is 40.8 Å². The van der Waals surface area contributed by atoms with Crippen LogP contribution in [0.15, 0.2) is 24.5 Å². The van der Waals surface area contributed by atoms with Crippen LogP contribution in [0.5, 0.6) is 0 Å². The SMILES string of the molecule is Cc1c(Nc2ncc3cc(Cl)c([C@H]4CCN([C@@H]5CCC[C@@H]5O)C[C@@H]4F)cc3n2)cnn1C1CC1. The Morgan fingerprint density at radius 3 is 2.74 bits per heavy atom. The van der Waals surface area contributed by atoms with Crippen LogP contribution in [0.4, 0.5) is 16.0 Å². The minimum absolute atomic E-state index is 0.0837. The maximum absolute atomic E-state index is 15.4. The molecule has 9 heteroatoms. The number of piperidine rings is 1. The maximum atomic E-state index is 15.4. The van der Waals surface area contributed by atoms with Crippen molar-refractivity contribution in [2.75, 3.05) is 18.4 Å². The van der Waals surface area contributed by atoms with Gasteiger partial charge >= 0.3 is 0 Å². The standard InChI is InChI=1S/C25H30ClFN6O/c1-14-22(12-29-33(14)16-5-6-16)31-25-28-11-15-9-19(26)18(10-21(15)30-25)17-7-8-32(13-20(17)27)23-3-2-4-24(23)34/h9-12,16-17,20,23-24,34H,2-8,13H2,1H3,(H,28,30,31)/t17-,20+,23-,24+/m1/s1. The molecule has 2 aliphatic carbocycles. The monoisotopic (exact) mass is 484 g/mol. The van der Waals surface area contributed by atoms with Gasteiger partial charge in [-0.05, 0) is 69.7 Å². The number of hydrogen-bond acceptors (Lipinski definition) is 6. The zero-order valence-electron chi connectivity index (χ0n) is 19.3. The quantitative estimate of drug-likeness (QED) is 0.536. The normalized spacial score (nSPS) is 28.0. The Morgan fingerprint density at radius 1 is 1.15 bits per heavy atom. The first-order valence-corrected chi connectivity index (χ1v) is 12.7. The third-order valence-corrected chi connectivity index (χ3v) is 8.09. The van der Waals surface area contributed by atoms with E-state index in [-0.39, 0.29) is 18.1 Å². The van der Waals surface area contributed by atoms with Crippen molar-refractivity contribution in [3.8, 4) is 0 Å². The van der Waals surface area contributed by atoms with Crippen LogP contribution in [0, 0.1) is 6.92 Å². The van der Waals surface area contributed by atoms with Gasteiger partial charge in [-0.3, -0.25) is 9.58 Å². The summed E-state index contributed by atoms with van der Waals surface area (Å²) in [4.78, 5) is 11.3. The van der Waals surface area contributed by atoms with Crippen LogP contribution < -0.4 is 5.32 Å². The van der Waals surface area contributed by atoms with Gasteiger partial charge < -0.3 is 10.4 Å². The van der Waals surface area contributed by atoms with Crippen molar-refractivity contribution >= 4 is 34.1 Å². The molecule has 6 rings (SSSR count). The summed E-state index contributed by atoms with van der Waals surface area (Å²) in [6.07, 6.45) is 7.98. The van der Waals surface area contributed by atoms with E-state index in [2.05, 4.69) is 25.0 Å². The number of alkyl halides is 1. The highest BCUT2D eigenvalue weighted by Crippen LogP contribution is 2.39. The number of aromatic nitrogens is 4. The van der Waals surface area contributed by atoms with Crippen LogP contribution in [0.1, 0.15) is 61.7 Å². The van der Waals surface area contributed by atoms with Crippen molar-refractivity contribution in [1.29, 1.82) is 0 Å². The van der Waals surface area contributed by atoms with Crippen molar-refractivity contribution in [2.24, 2.45) is 0 Å². The van der Waals surface area contributed by atoms with Gasteiger partial charge in [0.15, 0.2) is 0 Å². The van der Waals surface area contributed by atoms with Crippen molar-refractivity contribution < 1.29 is 9.50 Å². The zero-order chi connectivity index (χ0) is 23.4. The Balaban J connectivity index is 1.23. The third-order valence-electron chi connectivity index (χ3n) is 7.77. The zero-order valence-corrected chi connectivity index (χ0v) is 20.0. The largest absolute Gasteiger partial charge is 0.391 e. The van der Waals surface area contributed by atoms with Crippen LogP contribution in [-0.4, -0.2) is 61.2 Å². The minimum atomic E-state index is -1.04. The molecule has 180 valence electrons. The van der Waals surface area contributed by atoms with E-state index in [9.17, 15) is 5.11 Å². The fraction of sp³-hybridized carbons (Fsp3) is 0.560. The smallest absolute Gasteiger partial charge is 0.227 e. The number of anilines is 2. The van der Waals surface area contributed by atoms with E-state index in [1.165, 1.54) is 12.8 Å². The fourth-order valence-corrected chi connectivity index (χ4v) is 6.00. The molecule has 3 fully saturated rings. The van der Waals surface area contributed by atoms with Gasteiger partial charge in [-0.25, -0.2) is 14.4 Å². The summed E-state index contributed by atoms with van der Waals surface area (Å²) in [6, 6.07) is 4.35. The lowest BCUT2D eigenvalue weighted by Gasteiger charge is -2.39. The van der Waals surface area contributed by atoms with Crippen LogP contribution in [0.25, 0.3) is 10.9 Å². The van der Waals surface area contributed by atoms with Gasteiger partial charge in [0.1, 0.15) is 6.17 Å². The van der Waals surface area contributed by atoms with Gasteiger partial charge in [0.25, 0.3) is 0 Å². The number of benzene rings is 1. The lowest BCUT2D eigenvalue weighted by Crippen LogP contribution is -2.49. The van der Waals surface area contributed by atoms with Gasteiger partial charge in [0.05, 0.1) is 35.2 Å². The van der Waals surface area contributed by atoms with Gasteiger partial charge in [-0.15, -0.1) is 0 Å². The average molecular weight is 485 g/mol. The number of rotatable bonds is 5. The van der Waals surface area contributed by atoms with Gasteiger partial charge in [0, 0.05) is 35.1 Å². The number of aliphatic hydroxyl groups excluding tert-OH is 1. The number of nitrogens with zero attached hydrogens (tertiary/aromatic N) is 5. The molecule has 2 aromatic heterocycles. The fourth-order valence-electron chi connectivity index (χ4n) is 5.69.